The Balaban J connectivity index is 0.000000158. The molecule has 3 aromatic heterocycles. The summed E-state index contributed by atoms with van der Waals surface area (Å²) in [6, 6.07) is 4.97. The standard InChI is InChI=1S/C14H20N4.C10H9FN3.U/c1-17-7-5-12-13(4-6-15-14(12)17)18-8-10-2-3-11(9-18)16-10;1-3-12-9-6-14-5-7(2)13-10(14)4-8(9)11;/h4,6,10-11,16H,2-3,5,7-9H2,1H3;1,3-6,12H,2H3;/q;-1;. The van der Waals surface area contributed by atoms with Crippen molar-refractivity contribution in [2.24, 2.45) is 0 Å². The van der Waals surface area contributed by atoms with Crippen LogP contribution in [0.2, 0.25) is 0 Å². The first kappa shape index (κ1) is 24.1. The average molecular weight is 673 g/mol. The van der Waals surface area contributed by atoms with Gasteiger partial charge in [0.25, 0.3) is 0 Å². The number of hydrogen-bond donors (Lipinski definition) is 2. The van der Waals surface area contributed by atoms with E-state index in [4.69, 9.17) is 6.58 Å². The van der Waals surface area contributed by atoms with Crippen molar-refractivity contribution in [1.29, 1.82) is 0 Å². The number of anilines is 3. The molecule has 3 aliphatic rings. The van der Waals surface area contributed by atoms with Gasteiger partial charge >= 0.3 is 0 Å². The summed E-state index contributed by atoms with van der Waals surface area (Å²) in [7, 11) is 2.14. The fraction of sp³-hybridized carbons (Fsp3) is 0.417. The van der Waals surface area contributed by atoms with Gasteiger partial charge in [0.15, 0.2) is 5.82 Å². The minimum Gasteiger partial charge on any atom is -0.497 e. The zero-order valence-corrected chi connectivity index (χ0v) is 23.2. The van der Waals surface area contributed by atoms with Crippen LogP contribution in [0.15, 0.2) is 36.9 Å². The summed E-state index contributed by atoms with van der Waals surface area (Å²) in [5.74, 6) is 0.822. The SMILES string of the molecule is CN1CCc2c(N3CC4CCC(C3)N4)ccnc21.[CH-]=CNc1cn2cc(C)nc2cc1F.[U]. The quantitative estimate of drug-likeness (QED) is 0.418. The number of hydrogen-bond acceptors (Lipinski definition) is 6. The van der Waals surface area contributed by atoms with E-state index in [-0.39, 0.29) is 36.9 Å². The van der Waals surface area contributed by atoms with Gasteiger partial charge in [0.1, 0.15) is 11.5 Å². The van der Waals surface area contributed by atoms with Crippen LogP contribution in [0.3, 0.4) is 0 Å². The van der Waals surface area contributed by atoms with Gasteiger partial charge in [-0.1, -0.05) is 0 Å². The second-order valence-electron chi connectivity index (χ2n) is 8.84. The number of imidazole rings is 1. The van der Waals surface area contributed by atoms with Crippen LogP contribution in [-0.2, 0) is 6.42 Å². The molecular weight excluding hydrogens is 643 g/mol. The zero-order chi connectivity index (χ0) is 22.2. The van der Waals surface area contributed by atoms with Crippen molar-refractivity contribution < 1.29 is 35.5 Å². The predicted molar refractivity (Wildman–Crippen MR) is 126 cm³/mol. The summed E-state index contributed by atoms with van der Waals surface area (Å²) >= 11 is 0. The van der Waals surface area contributed by atoms with E-state index in [0.29, 0.717) is 23.4 Å². The fourth-order valence-electron chi connectivity index (χ4n) is 5.05. The Labute approximate surface area is 217 Å². The van der Waals surface area contributed by atoms with E-state index < -0.39 is 0 Å². The Kier molecular flexibility index (Phi) is 7.32. The Morgan fingerprint density at radius 3 is 2.73 bits per heavy atom. The minimum atomic E-state index is -0.371. The Morgan fingerprint density at radius 1 is 1.24 bits per heavy atom. The topological polar surface area (TPSA) is 60.7 Å². The summed E-state index contributed by atoms with van der Waals surface area (Å²) in [5.41, 5.74) is 4.65. The number of nitrogens with zero attached hydrogens (tertiary/aromatic N) is 5. The van der Waals surface area contributed by atoms with Gasteiger partial charge in [0.2, 0.25) is 0 Å². The molecule has 0 spiro atoms. The molecular formula is C24H29FN7U-. The van der Waals surface area contributed by atoms with Crippen LogP contribution in [0, 0.1) is 50.4 Å². The summed E-state index contributed by atoms with van der Waals surface area (Å²) in [6.45, 7) is 10.4. The van der Waals surface area contributed by atoms with Crippen molar-refractivity contribution in [2.45, 2.75) is 38.3 Å². The molecule has 0 aromatic carbocycles. The molecule has 0 amide bonds. The summed E-state index contributed by atoms with van der Waals surface area (Å²) in [6.07, 6.45) is 10.4. The molecule has 2 N–H and O–H groups in total. The Hall–Kier alpha value is -2.08. The molecule has 2 fully saturated rings. The van der Waals surface area contributed by atoms with Crippen LogP contribution in [0.4, 0.5) is 21.6 Å². The van der Waals surface area contributed by atoms with Gasteiger partial charge in [-0.15, -0.1) is 0 Å². The Bertz CT molecular complexity index is 1140. The molecule has 6 heterocycles. The van der Waals surface area contributed by atoms with Gasteiger partial charge in [0.05, 0.1) is 11.4 Å². The molecule has 2 unspecified atom stereocenters. The van der Waals surface area contributed by atoms with Crippen molar-refractivity contribution in [2.75, 3.05) is 41.8 Å². The van der Waals surface area contributed by atoms with Gasteiger partial charge < -0.3 is 31.4 Å². The zero-order valence-electron chi connectivity index (χ0n) is 19.1. The summed E-state index contributed by atoms with van der Waals surface area (Å²) in [4.78, 5) is 13.5. The number of halogens is 1. The smallest absolute Gasteiger partial charge is 0.151 e. The largest absolute Gasteiger partial charge is 0.497 e. The minimum absolute atomic E-state index is 0. The first-order valence-corrected chi connectivity index (χ1v) is 11.2. The summed E-state index contributed by atoms with van der Waals surface area (Å²) in [5, 5.41) is 6.31. The van der Waals surface area contributed by atoms with Crippen LogP contribution in [0.25, 0.3) is 5.65 Å². The van der Waals surface area contributed by atoms with Crippen LogP contribution in [-0.4, -0.2) is 53.1 Å². The number of aryl methyl sites for hydroxylation is 1. The first-order chi connectivity index (χ1) is 15.5. The third kappa shape index (κ3) is 4.91. The average Bonchev–Trinajstić information content (AvgIpc) is 3.44. The van der Waals surface area contributed by atoms with Crippen molar-refractivity contribution in [3.05, 3.63) is 60.6 Å². The molecule has 3 aliphatic heterocycles. The van der Waals surface area contributed by atoms with Crippen molar-refractivity contribution >= 4 is 22.8 Å². The molecule has 7 nitrogen and oxygen atoms in total. The molecule has 2 bridgehead atoms. The number of nitrogens with one attached hydrogen (secondary N) is 2. The van der Waals surface area contributed by atoms with Gasteiger partial charge in [-0.05, 0) is 32.3 Å². The van der Waals surface area contributed by atoms with Crippen molar-refractivity contribution in [3.8, 4) is 0 Å². The van der Waals surface area contributed by atoms with Gasteiger partial charge in [0, 0.05) is 106 Å². The van der Waals surface area contributed by atoms with E-state index in [1.54, 1.807) is 10.6 Å². The van der Waals surface area contributed by atoms with E-state index in [9.17, 15) is 4.39 Å². The second kappa shape index (κ2) is 10.0. The van der Waals surface area contributed by atoms with Gasteiger partial charge in [-0.25, -0.2) is 14.4 Å². The monoisotopic (exact) mass is 672 g/mol. The third-order valence-electron chi connectivity index (χ3n) is 6.53. The predicted octanol–water partition coefficient (Wildman–Crippen LogP) is 3.15. The van der Waals surface area contributed by atoms with Crippen molar-refractivity contribution in [1.82, 2.24) is 19.7 Å². The molecule has 2 saturated heterocycles. The van der Waals surface area contributed by atoms with E-state index >= 15 is 0 Å². The van der Waals surface area contributed by atoms with E-state index in [1.807, 2.05) is 19.3 Å². The van der Waals surface area contributed by atoms with E-state index in [2.05, 4.69) is 43.5 Å². The number of aromatic nitrogens is 3. The van der Waals surface area contributed by atoms with Crippen LogP contribution in [0.5, 0.6) is 0 Å². The van der Waals surface area contributed by atoms with E-state index in [1.165, 1.54) is 42.2 Å². The molecule has 6 rings (SSSR count). The summed E-state index contributed by atoms with van der Waals surface area (Å²) < 4.78 is 15.1. The van der Waals surface area contributed by atoms with Gasteiger partial charge in [-0.3, -0.25) is 0 Å². The van der Waals surface area contributed by atoms with Crippen molar-refractivity contribution in [3.63, 3.8) is 0 Å². The fourth-order valence-corrected chi connectivity index (χ4v) is 5.05. The van der Waals surface area contributed by atoms with Gasteiger partial charge in [-0.2, -0.15) is 6.20 Å². The second-order valence-corrected chi connectivity index (χ2v) is 8.84. The molecule has 9 heteroatoms. The normalized spacial score (nSPS) is 20.7. The van der Waals surface area contributed by atoms with Crippen LogP contribution < -0.4 is 20.4 Å². The number of pyridine rings is 2. The van der Waals surface area contributed by atoms with Crippen LogP contribution >= 0.6 is 0 Å². The molecule has 0 aliphatic carbocycles. The molecule has 0 saturated carbocycles. The maximum atomic E-state index is 13.3. The molecule has 33 heavy (non-hydrogen) atoms. The third-order valence-corrected chi connectivity index (χ3v) is 6.53. The molecule has 3 aromatic rings. The Morgan fingerprint density at radius 2 is 2.00 bits per heavy atom. The molecule has 0 radical (unpaired) electrons. The van der Waals surface area contributed by atoms with E-state index in [0.717, 1.165) is 31.7 Å². The molecule has 172 valence electrons. The van der Waals surface area contributed by atoms with Crippen LogP contribution in [0.1, 0.15) is 24.1 Å². The maximum absolute atomic E-state index is 13.3. The number of likely N-dealkylation sites (N-methyl/N-ethyl adjacent to an activating group) is 1. The first-order valence-electron chi connectivity index (χ1n) is 11.2. The number of fused-ring (bicyclic) bond motifs is 4. The maximum Gasteiger partial charge on any atom is 0.151 e. The molecule has 2 atom stereocenters. The number of rotatable bonds is 3. The number of piperazine rings is 1.